The topological polar surface area (TPSA) is 15.3 Å². The number of alkyl halides is 3. The SMILES string of the molecule is CC(C)N1CCC[C@@H](CNC(F)(F)F)C1. The van der Waals surface area contributed by atoms with Crippen molar-refractivity contribution in [2.75, 3.05) is 19.6 Å². The summed E-state index contributed by atoms with van der Waals surface area (Å²) in [6, 6.07) is 0.429. The zero-order valence-electron chi connectivity index (χ0n) is 9.27. The fourth-order valence-electron chi connectivity index (χ4n) is 1.99. The van der Waals surface area contributed by atoms with Crippen molar-refractivity contribution >= 4 is 0 Å². The minimum Gasteiger partial charge on any atom is -0.301 e. The van der Waals surface area contributed by atoms with Crippen LogP contribution in [0.1, 0.15) is 26.7 Å². The fraction of sp³-hybridized carbons (Fsp3) is 1.00. The molecule has 0 radical (unpaired) electrons. The lowest BCUT2D eigenvalue weighted by Gasteiger charge is -2.35. The maximum atomic E-state index is 11.9. The molecular weight excluding hydrogens is 205 g/mol. The van der Waals surface area contributed by atoms with Gasteiger partial charge in [-0.15, -0.1) is 0 Å². The molecule has 0 aromatic heterocycles. The Morgan fingerprint density at radius 3 is 2.60 bits per heavy atom. The van der Waals surface area contributed by atoms with E-state index < -0.39 is 6.30 Å². The van der Waals surface area contributed by atoms with Crippen molar-refractivity contribution in [3.05, 3.63) is 0 Å². The smallest absolute Gasteiger partial charge is 0.301 e. The molecule has 0 saturated carbocycles. The third kappa shape index (κ3) is 4.84. The van der Waals surface area contributed by atoms with E-state index in [4.69, 9.17) is 0 Å². The zero-order valence-corrected chi connectivity index (χ0v) is 9.27. The molecule has 1 atom stereocenters. The quantitative estimate of drug-likeness (QED) is 0.739. The summed E-state index contributed by atoms with van der Waals surface area (Å²) in [5, 5.41) is 1.62. The molecule has 1 N–H and O–H groups in total. The van der Waals surface area contributed by atoms with Crippen molar-refractivity contribution in [2.24, 2.45) is 5.92 Å². The molecular formula is C10H19F3N2. The van der Waals surface area contributed by atoms with E-state index in [0.29, 0.717) is 6.04 Å². The molecule has 0 aliphatic carbocycles. The highest BCUT2D eigenvalue weighted by Gasteiger charge is 2.29. The molecule has 1 aliphatic heterocycles. The highest BCUT2D eigenvalue weighted by atomic mass is 19.4. The van der Waals surface area contributed by atoms with Crippen LogP contribution in [-0.4, -0.2) is 36.9 Å². The van der Waals surface area contributed by atoms with Gasteiger partial charge in [0.15, 0.2) is 0 Å². The first-order chi connectivity index (χ1) is 6.88. The van der Waals surface area contributed by atoms with Crippen LogP contribution in [0.3, 0.4) is 0 Å². The number of piperidine rings is 1. The molecule has 0 bridgehead atoms. The van der Waals surface area contributed by atoms with E-state index in [0.717, 1.165) is 25.9 Å². The molecule has 5 heteroatoms. The number of likely N-dealkylation sites (tertiary alicyclic amines) is 1. The van der Waals surface area contributed by atoms with Crippen LogP contribution >= 0.6 is 0 Å². The lowest BCUT2D eigenvalue weighted by molar-refractivity contribution is -0.159. The van der Waals surface area contributed by atoms with Crippen molar-refractivity contribution < 1.29 is 13.2 Å². The molecule has 1 rings (SSSR count). The maximum absolute atomic E-state index is 11.9. The molecule has 0 amide bonds. The molecule has 15 heavy (non-hydrogen) atoms. The summed E-state index contributed by atoms with van der Waals surface area (Å²) in [6.07, 6.45) is -2.34. The Labute approximate surface area is 88.8 Å². The van der Waals surface area contributed by atoms with Crippen molar-refractivity contribution in [2.45, 2.75) is 39.0 Å². The van der Waals surface area contributed by atoms with Crippen LogP contribution in [0.4, 0.5) is 13.2 Å². The molecule has 0 aromatic carbocycles. The fourth-order valence-corrected chi connectivity index (χ4v) is 1.99. The first kappa shape index (κ1) is 12.8. The zero-order chi connectivity index (χ0) is 11.5. The number of rotatable bonds is 3. The van der Waals surface area contributed by atoms with Crippen LogP contribution in [-0.2, 0) is 0 Å². The first-order valence-corrected chi connectivity index (χ1v) is 5.44. The summed E-state index contributed by atoms with van der Waals surface area (Å²) in [7, 11) is 0. The van der Waals surface area contributed by atoms with Gasteiger partial charge in [0.1, 0.15) is 0 Å². The van der Waals surface area contributed by atoms with Gasteiger partial charge < -0.3 is 4.90 Å². The third-order valence-electron chi connectivity index (χ3n) is 2.87. The van der Waals surface area contributed by atoms with Crippen molar-refractivity contribution in [1.29, 1.82) is 0 Å². The van der Waals surface area contributed by atoms with Gasteiger partial charge in [0.2, 0.25) is 0 Å². The average Bonchev–Trinajstić information content (AvgIpc) is 2.14. The van der Waals surface area contributed by atoms with E-state index in [2.05, 4.69) is 18.7 Å². The molecule has 1 heterocycles. The van der Waals surface area contributed by atoms with Gasteiger partial charge >= 0.3 is 6.30 Å². The van der Waals surface area contributed by atoms with Gasteiger partial charge in [0.05, 0.1) is 0 Å². The summed E-state index contributed by atoms with van der Waals surface area (Å²) in [6.45, 7) is 6.01. The lowest BCUT2D eigenvalue weighted by atomic mass is 9.97. The molecule has 0 aromatic rings. The Morgan fingerprint density at radius 2 is 2.07 bits per heavy atom. The highest BCUT2D eigenvalue weighted by molar-refractivity contribution is 4.76. The molecule has 1 aliphatic rings. The molecule has 0 unspecified atom stereocenters. The second-order valence-electron chi connectivity index (χ2n) is 4.48. The standard InChI is InChI=1S/C10H19F3N2/c1-8(2)15-5-3-4-9(7-15)6-14-10(11,12)13/h8-9,14H,3-7H2,1-2H3/t9-/m0/s1. The van der Waals surface area contributed by atoms with Gasteiger partial charge in [-0.25, -0.2) is 5.32 Å². The van der Waals surface area contributed by atoms with Crippen LogP contribution in [0.15, 0.2) is 0 Å². The molecule has 1 saturated heterocycles. The van der Waals surface area contributed by atoms with E-state index in [-0.39, 0.29) is 12.5 Å². The summed E-state index contributed by atoms with van der Waals surface area (Å²) < 4.78 is 35.8. The van der Waals surface area contributed by atoms with Crippen molar-refractivity contribution in [1.82, 2.24) is 10.2 Å². The Kier molecular flexibility index (Phi) is 4.40. The second-order valence-corrected chi connectivity index (χ2v) is 4.48. The molecule has 2 nitrogen and oxygen atoms in total. The minimum absolute atomic E-state index is 0.0483. The van der Waals surface area contributed by atoms with E-state index >= 15 is 0 Å². The van der Waals surface area contributed by atoms with Gasteiger partial charge in [0.25, 0.3) is 0 Å². The van der Waals surface area contributed by atoms with Gasteiger partial charge in [-0.2, -0.15) is 13.2 Å². The number of hydrogen-bond acceptors (Lipinski definition) is 2. The third-order valence-corrected chi connectivity index (χ3v) is 2.87. The summed E-state index contributed by atoms with van der Waals surface area (Å²) in [5.74, 6) is 0.128. The Morgan fingerprint density at radius 1 is 1.40 bits per heavy atom. The lowest BCUT2D eigenvalue weighted by Crippen LogP contribution is -2.45. The number of halogens is 3. The van der Waals surface area contributed by atoms with Crippen LogP contribution in [0.5, 0.6) is 0 Å². The van der Waals surface area contributed by atoms with Crippen LogP contribution in [0.25, 0.3) is 0 Å². The average molecular weight is 224 g/mol. The Hall–Kier alpha value is -0.290. The van der Waals surface area contributed by atoms with Gasteiger partial charge in [-0.05, 0) is 39.2 Å². The van der Waals surface area contributed by atoms with Crippen LogP contribution in [0, 0.1) is 5.92 Å². The highest BCUT2D eigenvalue weighted by Crippen LogP contribution is 2.19. The Bertz CT molecular complexity index is 192. The first-order valence-electron chi connectivity index (χ1n) is 5.44. The molecule has 90 valence electrons. The van der Waals surface area contributed by atoms with Gasteiger partial charge in [-0.3, -0.25) is 0 Å². The Balaban J connectivity index is 2.30. The summed E-state index contributed by atoms with van der Waals surface area (Å²) in [5.41, 5.74) is 0. The van der Waals surface area contributed by atoms with Crippen LogP contribution in [0.2, 0.25) is 0 Å². The number of nitrogens with one attached hydrogen (secondary N) is 1. The van der Waals surface area contributed by atoms with E-state index in [1.54, 1.807) is 5.32 Å². The largest absolute Gasteiger partial charge is 0.457 e. The summed E-state index contributed by atoms with van der Waals surface area (Å²) in [4.78, 5) is 2.24. The van der Waals surface area contributed by atoms with E-state index in [1.807, 2.05) is 0 Å². The normalized spacial score (nSPS) is 24.8. The van der Waals surface area contributed by atoms with Gasteiger partial charge in [-0.1, -0.05) is 0 Å². The summed E-state index contributed by atoms with van der Waals surface area (Å²) >= 11 is 0. The molecule has 1 fully saturated rings. The monoisotopic (exact) mass is 224 g/mol. The second kappa shape index (κ2) is 5.16. The number of hydrogen-bond donors (Lipinski definition) is 1. The van der Waals surface area contributed by atoms with E-state index in [1.165, 1.54) is 0 Å². The van der Waals surface area contributed by atoms with Crippen LogP contribution < -0.4 is 5.32 Å². The molecule has 0 spiro atoms. The minimum atomic E-state index is -4.24. The van der Waals surface area contributed by atoms with Crippen molar-refractivity contribution in [3.63, 3.8) is 0 Å². The van der Waals surface area contributed by atoms with Gasteiger partial charge in [0, 0.05) is 19.1 Å². The van der Waals surface area contributed by atoms with Crippen molar-refractivity contribution in [3.8, 4) is 0 Å². The maximum Gasteiger partial charge on any atom is 0.457 e. The van der Waals surface area contributed by atoms with E-state index in [9.17, 15) is 13.2 Å². The predicted octanol–water partition coefficient (Wildman–Crippen LogP) is 2.22. The number of nitrogens with zero attached hydrogens (tertiary/aromatic N) is 1. The predicted molar refractivity (Wildman–Crippen MR) is 53.5 cm³/mol.